The smallest absolute Gasteiger partial charge is 0.268 e. The number of carbonyl (C=O) groups is 4. The van der Waals surface area contributed by atoms with Gasteiger partial charge in [-0.3, -0.25) is 24.1 Å². The highest BCUT2D eigenvalue weighted by atomic mass is 16.5. The van der Waals surface area contributed by atoms with Crippen LogP contribution in [0.5, 0.6) is 0 Å². The molecule has 0 bridgehead atoms. The molecule has 2 aliphatic rings. The number of benzene rings is 2. The first-order chi connectivity index (χ1) is 16.4. The molecule has 170 valence electrons. The SMILES string of the molecule is CC(C)OCCN1C(=O)c2ccc(-c3ccc4c(c3)C(=O)N(c3ncccn3)C4=O)cc2C1=O. The molecule has 5 rings (SSSR count). The van der Waals surface area contributed by atoms with Gasteiger partial charge in [-0.25, -0.2) is 14.9 Å². The van der Waals surface area contributed by atoms with E-state index in [2.05, 4.69) is 9.97 Å². The molecule has 0 saturated heterocycles. The van der Waals surface area contributed by atoms with E-state index in [1.165, 1.54) is 17.3 Å². The van der Waals surface area contributed by atoms with Crippen molar-refractivity contribution in [2.24, 2.45) is 0 Å². The van der Waals surface area contributed by atoms with E-state index in [-0.39, 0.29) is 48.1 Å². The van der Waals surface area contributed by atoms with Crippen LogP contribution in [0, 0.1) is 0 Å². The van der Waals surface area contributed by atoms with Crippen LogP contribution < -0.4 is 4.90 Å². The van der Waals surface area contributed by atoms with Gasteiger partial charge in [0, 0.05) is 12.4 Å². The lowest BCUT2D eigenvalue weighted by molar-refractivity contribution is 0.0448. The molecule has 34 heavy (non-hydrogen) atoms. The van der Waals surface area contributed by atoms with E-state index in [1.54, 1.807) is 42.5 Å². The molecule has 0 spiro atoms. The summed E-state index contributed by atoms with van der Waals surface area (Å²) in [5.41, 5.74) is 2.40. The van der Waals surface area contributed by atoms with E-state index in [4.69, 9.17) is 4.74 Å². The Hall–Kier alpha value is -4.24. The highest BCUT2D eigenvalue weighted by Crippen LogP contribution is 2.33. The van der Waals surface area contributed by atoms with Gasteiger partial charge in [-0.05, 0) is 55.3 Å². The van der Waals surface area contributed by atoms with Crippen LogP contribution in [-0.4, -0.2) is 57.8 Å². The first-order valence-corrected chi connectivity index (χ1v) is 10.8. The van der Waals surface area contributed by atoms with Crippen LogP contribution in [0.15, 0.2) is 54.9 Å². The van der Waals surface area contributed by atoms with Gasteiger partial charge in [-0.2, -0.15) is 0 Å². The summed E-state index contributed by atoms with van der Waals surface area (Å²) < 4.78 is 5.48. The van der Waals surface area contributed by atoms with Crippen molar-refractivity contribution in [3.63, 3.8) is 0 Å². The molecule has 0 radical (unpaired) electrons. The molecular weight excluding hydrogens is 436 g/mol. The van der Waals surface area contributed by atoms with Crippen molar-refractivity contribution in [1.82, 2.24) is 14.9 Å². The molecule has 0 saturated carbocycles. The molecule has 0 fully saturated rings. The number of rotatable bonds is 6. The monoisotopic (exact) mass is 456 g/mol. The number of fused-ring (bicyclic) bond motifs is 2. The fourth-order valence-corrected chi connectivity index (χ4v) is 4.06. The third kappa shape index (κ3) is 3.46. The highest BCUT2D eigenvalue weighted by Gasteiger charge is 2.39. The number of anilines is 1. The quantitative estimate of drug-likeness (QED) is 0.525. The maximum absolute atomic E-state index is 13.0. The van der Waals surface area contributed by atoms with E-state index in [0.717, 1.165) is 4.90 Å². The lowest BCUT2D eigenvalue weighted by atomic mass is 9.97. The van der Waals surface area contributed by atoms with Crippen LogP contribution in [0.2, 0.25) is 0 Å². The number of amides is 4. The lowest BCUT2D eigenvalue weighted by Crippen LogP contribution is -2.33. The lowest BCUT2D eigenvalue weighted by Gasteiger charge is -2.15. The minimum atomic E-state index is -0.517. The van der Waals surface area contributed by atoms with Gasteiger partial charge in [-0.15, -0.1) is 0 Å². The summed E-state index contributed by atoms with van der Waals surface area (Å²) in [4.78, 5) is 61.5. The van der Waals surface area contributed by atoms with Gasteiger partial charge < -0.3 is 4.74 Å². The van der Waals surface area contributed by atoms with Crippen LogP contribution in [0.4, 0.5) is 5.95 Å². The maximum atomic E-state index is 13.0. The number of carbonyl (C=O) groups excluding carboxylic acids is 4. The predicted molar refractivity (Wildman–Crippen MR) is 122 cm³/mol. The largest absolute Gasteiger partial charge is 0.377 e. The van der Waals surface area contributed by atoms with Crippen molar-refractivity contribution in [3.05, 3.63) is 77.1 Å². The Morgan fingerprint density at radius 1 is 0.765 bits per heavy atom. The van der Waals surface area contributed by atoms with E-state index in [0.29, 0.717) is 22.3 Å². The third-order valence-electron chi connectivity index (χ3n) is 5.71. The number of aromatic nitrogens is 2. The number of hydrogen-bond acceptors (Lipinski definition) is 7. The van der Waals surface area contributed by atoms with Crippen LogP contribution in [0.25, 0.3) is 11.1 Å². The second-order valence-electron chi connectivity index (χ2n) is 8.20. The fourth-order valence-electron chi connectivity index (χ4n) is 4.06. The molecule has 9 nitrogen and oxygen atoms in total. The van der Waals surface area contributed by atoms with E-state index in [9.17, 15) is 19.2 Å². The standard InChI is InChI=1S/C25H20N4O5/c1-14(2)34-11-10-28-21(30)17-6-4-15(12-19(17)22(28)31)16-5-7-18-20(13-16)24(33)29(23(18)32)25-26-8-3-9-27-25/h3-9,12-14H,10-11H2,1-2H3. The van der Waals surface area contributed by atoms with Crippen LogP contribution in [0.3, 0.4) is 0 Å². The van der Waals surface area contributed by atoms with E-state index in [1.807, 2.05) is 13.8 Å². The number of ether oxygens (including phenoxy) is 1. The second-order valence-corrected chi connectivity index (χ2v) is 8.20. The highest BCUT2D eigenvalue weighted by molar-refractivity contribution is 6.34. The minimum absolute atomic E-state index is 0.000522. The van der Waals surface area contributed by atoms with Crippen LogP contribution in [0.1, 0.15) is 55.3 Å². The Morgan fingerprint density at radius 2 is 1.29 bits per heavy atom. The molecule has 2 aliphatic heterocycles. The zero-order chi connectivity index (χ0) is 24.0. The van der Waals surface area contributed by atoms with E-state index >= 15 is 0 Å². The number of nitrogens with zero attached hydrogens (tertiary/aromatic N) is 4. The van der Waals surface area contributed by atoms with Gasteiger partial charge in [0.1, 0.15) is 0 Å². The molecule has 0 atom stereocenters. The van der Waals surface area contributed by atoms with Gasteiger partial charge in [-0.1, -0.05) is 12.1 Å². The Balaban J connectivity index is 1.44. The molecule has 2 aromatic carbocycles. The Morgan fingerprint density at radius 3 is 1.91 bits per heavy atom. The van der Waals surface area contributed by atoms with Crippen LogP contribution in [-0.2, 0) is 4.74 Å². The molecule has 3 aromatic rings. The molecule has 9 heteroatoms. The molecule has 4 amide bonds. The summed E-state index contributed by atoms with van der Waals surface area (Å²) in [7, 11) is 0. The van der Waals surface area contributed by atoms with Gasteiger partial charge in [0.05, 0.1) is 41.5 Å². The fraction of sp³-hybridized carbons (Fsp3) is 0.200. The summed E-state index contributed by atoms with van der Waals surface area (Å²) in [5.74, 6) is -1.73. The predicted octanol–water partition coefficient (Wildman–Crippen LogP) is 2.97. The average molecular weight is 456 g/mol. The Bertz CT molecular complexity index is 1350. The van der Waals surface area contributed by atoms with Gasteiger partial charge in [0.2, 0.25) is 5.95 Å². The average Bonchev–Trinajstić information content (AvgIpc) is 3.23. The van der Waals surface area contributed by atoms with Gasteiger partial charge in [0.25, 0.3) is 23.6 Å². The zero-order valence-electron chi connectivity index (χ0n) is 18.5. The minimum Gasteiger partial charge on any atom is -0.377 e. The first-order valence-electron chi connectivity index (χ1n) is 10.8. The van der Waals surface area contributed by atoms with Crippen molar-refractivity contribution in [3.8, 4) is 11.1 Å². The zero-order valence-corrected chi connectivity index (χ0v) is 18.5. The molecule has 1 aromatic heterocycles. The van der Waals surface area contributed by atoms with E-state index < -0.39 is 11.8 Å². The molecule has 3 heterocycles. The van der Waals surface area contributed by atoms with Crippen molar-refractivity contribution >= 4 is 29.6 Å². The normalized spacial score (nSPS) is 14.9. The topological polar surface area (TPSA) is 110 Å². The van der Waals surface area contributed by atoms with Crippen LogP contribution >= 0.6 is 0 Å². The summed E-state index contributed by atoms with van der Waals surface area (Å²) in [6.45, 7) is 4.20. The van der Waals surface area contributed by atoms with Crippen molar-refractivity contribution in [2.45, 2.75) is 20.0 Å². The third-order valence-corrected chi connectivity index (χ3v) is 5.71. The summed E-state index contributed by atoms with van der Waals surface area (Å²) in [5, 5.41) is 0. The molecule has 0 aliphatic carbocycles. The maximum Gasteiger partial charge on any atom is 0.268 e. The van der Waals surface area contributed by atoms with Gasteiger partial charge >= 0.3 is 0 Å². The summed E-state index contributed by atoms with van der Waals surface area (Å²) in [6.07, 6.45) is 2.91. The van der Waals surface area contributed by atoms with Crippen molar-refractivity contribution in [2.75, 3.05) is 18.1 Å². The summed E-state index contributed by atoms with van der Waals surface area (Å²) in [6, 6.07) is 11.5. The van der Waals surface area contributed by atoms with Crippen molar-refractivity contribution < 1.29 is 23.9 Å². The number of imide groups is 2. The Kier molecular flexibility index (Phi) is 5.25. The molecule has 0 N–H and O–H groups in total. The summed E-state index contributed by atoms with van der Waals surface area (Å²) >= 11 is 0. The first kappa shape index (κ1) is 21.6. The van der Waals surface area contributed by atoms with Gasteiger partial charge in [0.15, 0.2) is 0 Å². The second kappa shape index (κ2) is 8.27. The molecular formula is C25H20N4O5. The Labute approximate surface area is 195 Å². The molecule has 0 unspecified atom stereocenters. The van der Waals surface area contributed by atoms with Crippen molar-refractivity contribution in [1.29, 1.82) is 0 Å². The number of hydrogen-bond donors (Lipinski definition) is 0.